The van der Waals surface area contributed by atoms with Crippen molar-refractivity contribution in [1.82, 2.24) is 0 Å². The Balaban J connectivity index is 2.60. The normalized spacial score (nSPS) is 33.8. The minimum absolute atomic E-state index is 0.0668. The lowest BCUT2D eigenvalue weighted by Gasteiger charge is -2.43. The zero-order valence-corrected chi connectivity index (χ0v) is 11.8. The molecular weight excluding hydrogens is 196 g/mol. The van der Waals surface area contributed by atoms with Gasteiger partial charge in [0.05, 0.1) is 6.10 Å². The molecule has 96 valence electrons. The summed E-state index contributed by atoms with van der Waals surface area (Å²) in [6.07, 6.45) is 5.96. The van der Waals surface area contributed by atoms with E-state index in [0.29, 0.717) is 17.3 Å². The van der Waals surface area contributed by atoms with E-state index in [-0.39, 0.29) is 6.10 Å². The van der Waals surface area contributed by atoms with Gasteiger partial charge in [-0.05, 0) is 42.4 Å². The molecule has 0 aromatic carbocycles. The van der Waals surface area contributed by atoms with Crippen molar-refractivity contribution >= 4 is 0 Å². The Morgan fingerprint density at radius 3 is 2.44 bits per heavy atom. The molecule has 1 saturated carbocycles. The van der Waals surface area contributed by atoms with E-state index in [4.69, 9.17) is 0 Å². The summed E-state index contributed by atoms with van der Waals surface area (Å²) in [6, 6.07) is 0. The molecule has 0 saturated heterocycles. The first-order chi connectivity index (χ1) is 7.36. The highest BCUT2D eigenvalue weighted by atomic mass is 16.3. The SMILES string of the molecule is CCC(C)CC(C)(C)C1CCC(C)CC1O. The third kappa shape index (κ3) is 3.48. The summed E-state index contributed by atoms with van der Waals surface area (Å²) < 4.78 is 0. The van der Waals surface area contributed by atoms with Gasteiger partial charge in [-0.3, -0.25) is 0 Å². The lowest BCUT2D eigenvalue weighted by molar-refractivity contribution is -0.0213. The zero-order chi connectivity index (χ0) is 12.3. The predicted octanol–water partition coefficient (Wildman–Crippen LogP) is 4.25. The molecule has 0 heterocycles. The molecule has 0 aromatic heterocycles. The fourth-order valence-electron chi connectivity index (χ4n) is 3.46. The molecule has 0 radical (unpaired) electrons. The van der Waals surface area contributed by atoms with Crippen LogP contribution in [0, 0.1) is 23.2 Å². The Bertz CT molecular complexity index is 209. The van der Waals surface area contributed by atoms with E-state index >= 15 is 0 Å². The molecule has 0 aliphatic heterocycles. The largest absolute Gasteiger partial charge is 0.393 e. The van der Waals surface area contributed by atoms with Gasteiger partial charge in [0.1, 0.15) is 0 Å². The van der Waals surface area contributed by atoms with E-state index in [1.165, 1.54) is 25.7 Å². The maximum Gasteiger partial charge on any atom is 0.0576 e. The van der Waals surface area contributed by atoms with Crippen molar-refractivity contribution in [2.75, 3.05) is 0 Å². The van der Waals surface area contributed by atoms with Crippen LogP contribution in [0.25, 0.3) is 0 Å². The number of hydrogen-bond donors (Lipinski definition) is 1. The van der Waals surface area contributed by atoms with Crippen LogP contribution in [0.5, 0.6) is 0 Å². The highest BCUT2D eigenvalue weighted by Crippen LogP contribution is 2.44. The van der Waals surface area contributed by atoms with Crippen LogP contribution >= 0.6 is 0 Å². The molecule has 1 aliphatic rings. The molecule has 4 atom stereocenters. The standard InChI is InChI=1S/C15H30O/c1-6-11(2)10-15(4,5)13-8-7-12(3)9-14(13)16/h11-14,16H,6-10H2,1-5H3. The third-order valence-corrected chi connectivity index (χ3v) is 4.65. The molecule has 1 N–H and O–H groups in total. The van der Waals surface area contributed by atoms with Crippen LogP contribution in [-0.4, -0.2) is 11.2 Å². The third-order valence-electron chi connectivity index (χ3n) is 4.65. The molecule has 0 bridgehead atoms. The van der Waals surface area contributed by atoms with Gasteiger partial charge in [0.25, 0.3) is 0 Å². The highest BCUT2D eigenvalue weighted by molar-refractivity contribution is 4.88. The van der Waals surface area contributed by atoms with Crippen LogP contribution in [-0.2, 0) is 0 Å². The summed E-state index contributed by atoms with van der Waals surface area (Å²) in [7, 11) is 0. The van der Waals surface area contributed by atoms with Crippen molar-refractivity contribution in [3.05, 3.63) is 0 Å². The maximum atomic E-state index is 10.3. The van der Waals surface area contributed by atoms with E-state index in [1.807, 2.05) is 0 Å². The minimum Gasteiger partial charge on any atom is -0.393 e. The van der Waals surface area contributed by atoms with Gasteiger partial charge in [0, 0.05) is 0 Å². The summed E-state index contributed by atoms with van der Waals surface area (Å²) >= 11 is 0. The molecule has 16 heavy (non-hydrogen) atoms. The van der Waals surface area contributed by atoms with Crippen molar-refractivity contribution in [2.45, 2.75) is 72.8 Å². The van der Waals surface area contributed by atoms with Crippen molar-refractivity contribution < 1.29 is 5.11 Å². The molecule has 1 rings (SSSR count). The van der Waals surface area contributed by atoms with Gasteiger partial charge >= 0.3 is 0 Å². The quantitative estimate of drug-likeness (QED) is 0.760. The van der Waals surface area contributed by atoms with Gasteiger partial charge in [0.15, 0.2) is 0 Å². The average molecular weight is 226 g/mol. The van der Waals surface area contributed by atoms with Crippen LogP contribution in [0.15, 0.2) is 0 Å². The molecule has 1 fully saturated rings. The van der Waals surface area contributed by atoms with E-state index in [2.05, 4.69) is 34.6 Å². The first-order valence-electron chi connectivity index (χ1n) is 7.05. The number of aliphatic hydroxyl groups excluding tert-OH is 1. The lowest BCUT2D eigenvalue weighted by atomic mass is 9.64. The number of aliphatic hydroxyl groups is 1. The number of rotatable bonds is 4. The summed E-state index contributed by atoms with van der Waals surface area (Å²) in [6.45, 7) is 11.6. The molecule has 0 aromatic rings. The molecule has 4 unspecified atom stereocenters. The Hall–Kier alpha value is -0.0400. The summed E-state index contributed by atoms with van der Waals surface area (Å²) in [5.74, 6) is 2.00. The maximum absolute atomic E-state index is 10.3. The molecule has 1 nitrogen and oxygen atoms in total. The first-order valence-corrected chi connectivity index (χ1v) is 7.05. The van der Waals surface area contributed by atoms with E-state index in [0.717, 1.165) is 12.3 Å². The van der Waals surface area contributed by atoms with Crippen LogP contribution in [0.3, 0.4) is 0 Å². The highest BCUT2D eigenvalue weighted by Gasteiger charge is 2.38. The predicted molar refractivity (Wildman–Crippen MR) is 70.4 cm³/mol. The first kappa shape index (κ1) is 14.0. The average Bonchev–Trinajstić information content (AvgIpc) is 2.16. The van der Waals surface area contributed by atoms with E-state index in [9.17, 15) is 5.11 Å². The van der Waals surface area contributed by atoms with Gasteiger partial charge in [-0.15, -0.1) is 0 Å². The van der Waals surface area contributed by atoms with Gasteiger partial charge in [-0.2, -0.15) is 0 Å². The van der Waals surface area contributed by atoms with Crippen LogP contribution in [0.2, 0.25) is 0 Å². The second kappa shape index (κ2) is 5.53. The molecule has 1 aliphatic carbocycles. The molecule has 0 spiro atoms. The van der Waals surface area contributed by atoms with Crippen LogP contribution < -0.4 is 0 Å². The monoisotopic (exact) mass is 226 g/mol. The Labute approximate surface area is 102 Å². The smallest absolute Gasteiger partial charge is 0.0576 e. The van der Waals surface area contributed by atoms with Crippen molar-refractivity contribution in [2.24, 2.45) is 23.2 Å². The van der Waals surface area contributed by atoms with Crippen molar-refractivity contribution in [3.8, 4) is 0 Å². The lowest BCUT2D eigenvalue weighted by Crippen LogP contribution is -2.39. The van der Waals surface area contributed by atoms with Crippen molar-refractivity contribution in [1.29, 1.82) is 0 Å². The van der Waals surface area contributed by atoms with Gasteiger partial charge < -0.3 is 5.11 Å². The summed E-state index contributed by atoms with van der Waals surface area (Å²) in [5.41, 5.74) is 0.301. The van der Waals surface area contributed by atoms with Gasteiger partial charge in [-0.25, -0.2) is 0 Å². The van der Waals surface area contributed by atoms with Gasteiger partial charge in [0.2, 0.25) is 0 Å². The van der Waals surface area contributed by atoms with Gasteiger partial charge in [-0.1, -0.05) is 47.5 Å². The molecule has 0 amide bonds. The minimum atomic E-state index is -0.0668. The number of hydrogen-bond acceptors (Lipinski definition) is 1. The van der Waals surface area contributed by atoms with Crippen LogP contribution in [0.1, 0.15) is 66.7 Å². The Morgan fingerprint density at radius 2 is 1.94 bits per heavy atom. The van der Waals surface area contributed by atoms with Crippen LogP contribution in [0.4, 0.5) is 0 Å². The fourth-order valence-corrected chi connectivity index (χ4v) is 3.46. The Kier molecular flexibility index (Phi) is 4.85. The Morgan fingerprint density at radius 1 is 1.31 bits per heavy atom. The van der Waals surface area contributed by atoms with E-state index in [1.54, 1.807) is 0 Å². The fraction of sp³-hybridized carbons (Fsp3) is 1.00. The summed E-state index contributed by atoms with van der Waals surface area (Å²) in [4.78, 5) is 0. The second-order valence-corrected chi connectivity index (χ2v) is 6.80. The second-order valence-electron chi connectivity index (χ2n) is 6.80. The summed E-state index contributed by atoms with van der Waals surface area (Å²) in [5, 5.41) is 10.3. The zero-order valence-electron chi connectivity index (χ0n) is 11.8. The van der Waals surface area contributed by atoms with Crippen molar-refractivity contribution in [3.63, 3.8) is 0 Å². The van der Waals surface area contributed by atoms with E-state index < -0.39 is 0 Å². The molecular formula is C15H30O. The molecule has 1 heteroatoms. The topological polar surface area (TPSA) is 20.2 Å².